The van der Waals surface area contributed by atoms with Gasteiger partial charge < -0.3 is 10.4 Å². The van der Waals surface area contributed by atoms with Crippen LogP contribution in [-0.4, -0.2) is 24.2 Å². The molecule has 108 valence electrons. The maximum atomic E-state index is 11.7. The predicted octanol–water partition coefficient (Wildman–Crippen LogP) is 3.29. The number of benzene rings is 1. The van der Waals surface area contributed by atoms with Gasteiger partial charge in [0.25, 0.3) is 0 Å². The number of carbonyl (C=O) groups excluding carboxylic acids is 1. The predicted molar refractivity (Wildman–Crippen MR) is 81.9 cm³/mol. The van der Waals surface area contributed by atoms with Crippen LogP contribution in [0.4, 0.5) is 0 Å². The van der Waals surface area contributed by atoms with Gasteiger partial charge in [-0.15, -0.1) is 0 Å². The lowest BCUT2D eigenvalue weighted by Crippen LogP contribution is -2.29. The number of halogens is 2. The second-order valence-electron chi connectivity index (χ2n) is 5.19. The number of hydrogen-bond donors (Lipinski definition) is 2. The lowest BCUT2D eigenvalue weighted by molar-refractivity contribution is -0.116. The fourth-order valence-electron chi connectivity index (χ4n) is 2.06. The Balaban J connectivity index is 1.86. The Morgan fingerprint density at radius 2 is 2.15 bits per heavy atom. The van der Waals surface area contributed by atoms with Crippen molar-refractivity contribution in [2.75, 3.05) is 13.2 Å². The first-order valence-corrected chi connectivity index (χ1v) is 7.32. The molecular formula is C15H17Cl2NO2. The average Bonchev–Trinajstić information content (AvgIpc) is 3.16. The van der Waals surface area contributed by atoms with Gasteiger partial charge in [-0.25, -0.2) is 0 Å². The molecule has 1 fully saturated rings. The summed E-state index contributed by atoms with van der Waals surface area (Å²) in [5.74, 6) is -0.153. The lowest BCUT2D eigenvalue weighted by Gasteiger charge is -2.13. The molecule has 5 heteroatoms. The van der Waals surface area contributed by atoms with Crippen LogP contribution < -0.4 is 5.32 Å². The van der Waals surface area contributed by atoms with Crippen molar-refractivity contribution in [1.82, 2.24) is 5.32 Å². The molecule has 0 aromatic heterocycles. The summed E-state index contributed by atoms with van der Waals surface area (Å²) in [5, 5.41) is 12.9. The number of rotatable bonds is 6. The third-order valence-electron chi connectivity index (χ3n) is 3.61. The molecule has 20 heavy (non-hydrogen) atoms. The minimum atomic E-state index is -0.153. The van der Waals surface area contributed by atoms with Crippen molar-refractivity contribution in [3.63, 3.8) is 0 Å². The lowest BCUT2D eigenvalue weighted by atomic mass is 10.0. The Labute approximate surface area is 128 Å². The molecule has 1 aliphatic carbocycles. The van der Waals surface area contributed by atoms with Gasteiger partial charge in [-0.2, -0.15) is 0 Å². The third-order valence-corrected chi connectivity index (χ3v) is 4.18. The highest BCUT2D eigenvalue weighted by molar-refractivity contribution is 6.35. The first-order chi connectivity index (χ1) is 9.54. The molecule has 0 unspecified atom stereocenters. The van der Waals surface area contributed by atoms with E-state index in [-0.39, 0.29) is 17.9 Å². The van der Waals surface area contributed by atoms with Gasteiger partial charge in [0.1, 0.15) is 0 Å². The molecule has 0 bridgehead atoms. The molecule has 0 saturated heterocycles. The first-order valence-electron chi connectivity index (χ1n) is 6.56. The fourth-order valence-corrected chi connectivity index (χ4v) is 2.54. The van der Waals surface area contributed by atoms with Crippen molar-refractivity contribution in [2.24, 2.45) is 5.41 Å². The molecule has 3 nitrogen and oxygen atoms in total. The minimum Gasteiger partial charge on any atom is -0.396 e. The van der Waals surface area contributed by atoms with Crippen LogP contribution in [0, 0.1) is 5.41 Å². The van der Waals surface area contributed by atoms with Crippen molar-refractivity contribution in [1.29, 1.82) is 0 Å². The number of hydrogen-bond acceptors (Lipinski definition) is 2. The van der Waals surface area contributed by atoms with Crippen molar-refractivity contribution in [2.45, 2.75) is 19.3 Å². The van der Waals surface area contributed by atoms with E-state index >= 15 is 0 Å². The number of nitrogens with one attached hydrogen (secondary N) is 1. The molecule has 0 aliphatic heterocycles. The highest BCUT2D eigenvalue weighted by Crippen LogP contribution is 2.47. The van der Waals surface area contributed by atoms with Crippen LogP contribution in [0.5, 0.6) is 0 Å². The van der Waals surface area contributed by atoms with Gasteiger partial charge in [0.2, 0.25) is 5.91 Å². The molecule has 1 aromatic rings. The van der Waals surface area contributed by atoms with E-state index in [1.807, 2.05) is 0 Å². The molecule has 0 radical (unpaired) electrons. The van der Waals surface area contributed by atoms with Crippen LogP contribution in [0.1, 0.15) is 24.8 Å². The zero-order valence-electron chi connectivity index (χ0n) is 11.0. The van der Waals surface area contributed by atoms with E-state index in [4.69, 9.17) is 28.3 Å². The van der Waals surface area contributed by atoms with Crippen LogP contribution in [0.25, 0.3) is 6.08 Å². The van der Waals surface area contributed by atoms with Gasteiger partial charge in [0.05, 0.1) is 0 Å². The standard InChI is InChI=1S/C15H17Cl2NO2/c16-12-3-1-11(13(17)9-12)2-4-14(20)18-10-15(5-6-15)7-8-19/h1-4,9,19H,5-8,10H2,(H,18,20)/b4-2+. The van der Waals surface area contributed by atoms with E-state index in [2.05, 4.69) is 5.32 Å². The quantitative estimate of drug-likeness (QED) is 0.792. The van der Waals surface area contributed by atoms with Gasteiger partial charge >= 0.3 is 0 Å². The molecule has 1 aliphatic rings. The smallest absolute Gasteiger partial charge is 0.244 e. The maximum Gasteiger partial charge on any atom is 0.244 e. The van der Waals surface area contributed by atoms with Gasteiger partial charge in [0.15, 0.2) is 0 Å². The Kier molecular flexibility index (Phi) is 5.08. The van der Waals surface area contributed by atoms with E-state index in [1.54, 1.807) is 24.3 Å². The molecule has 0 heterocycles. The van der Waals surface area contributed by atoms with Crippen LogP contribution >= 0.6 is 23.2 Å². The average molecular weight is 314 g/mol. The SMILES string of the molecule is O=C(/C=C/c1ccc(Cl)cc1Cl)NCC1(CCO)CC1. The van der Waals surface area contributed by atoms with Crippen LogP contribution in [0.2, 0.25) is 10.0 Å². The number of aliphatic hydroxyl groups excluding tert-OH is 1. The summed E-state index contributed by atoms with van der Waals surface area (Å²) in [6.45, 7) is 0.789. The number of aliphatic hydroxyl groups is 1. The van der Waals surface area contributed by atoms with Gasteiger partial charge in [0, 0.05) is 29.3 Å². The summed E-state index contributed by atoms with van der Waals surface area (Å²) in [4.78, 5) is 11.7. The molecule has 1 saturated carbocycles. The fraction of sp³-hybridized carbons (Fsp3) is 0.400. The van der Waals surface area contributed by atoms with E-state index < -0.39 is 0 Å². The molecule has 2 rings (SSSR count). The minimum absolute atomic E-state index is 0.121. The largest absolute Gasteiger partial charge is 0.396 e. The van der Waals surface area contributed by atoms with E-state index in [1.165, 1.54) is 6.08 Å². The van der Waals surface area contributed by atoms with E-state index in [9.17, 15) is 4.79 Å². The Bertz CT molecular complexity index is 525. The molecular weight excluding hydrogens is 297 g/mol. The van der Waals surface area contributed by atoms with Gasteiger partial charge in [-0.05, 0) is 48.4 Å². The van der Waals surface area contributed by atoms with Gasteiger partial charge in [-0.1, -0.05) is 29.3 Å². The van der Waals surface area contributed by atoms with E-state index in [0.717, 1.165) is 24.8 Å². The van der Waals surface area contributed by atoms with Crippen molar-refractivity contribution in [3.8, 4) is 0 Å². The third kappa shape index (κ3) is 4.23. The molecule has 1 aromatic carbocycles. The number of amides is 1. The normalized spacial score (nSPS) is 16.4. The molecule has 2 N–H and O–H groups in total. The molecule has 0 spiro atoms. The van der Waals surface area contributed by atoms with Crippen LogP contribution in [0.15, 0.2) is 24.3 Å². The monoisotopic (exact) mass is 313 g/mol. The maximum absolute atomic E-state index is 11.7. The van der Waals surface area contributed by atoms with Crippen molar-refractivity contribution in [3.05, 3.63) is 39.9 Å². The summed E-state index contributed by atoms with van der Waals surface area (Å²) in [6.07, 6.45) is 6.02. The summed E-state index contributed by atoms with van der Waals surface area (Å²) in [7, 11) is 0. The Morgan fingerprint density at radius 1 is 1.40 bits per heavy atom. The highest BCUT2D eigenvalue weighted by Gasteiger charge is 2.41. The zero-order chi connectivity index (χ0) is 14.6. The second-order valence-corrected chi connectivity index (χ2v) is 6.03. The van der Waals surface area contributed by atoms with Crippen LogP contribution in [-0.2, 0) is 4.79 Å². The summed E-state index contributed by atoms with van der Waals surface area (Å²) >= 11 is 11.8. The van der Waals surface area contributed by atoms with Crippen molar-refractivity contribution >= 4 is 35.2 Å². The van der Waals surface area contributed by atoms with E-state index in [0.29, 0.717) is 16.6 Å². The summed E-state index contributed by atoms with van der Waals surface area (Å²) < 4.78 is 0. The van der Waals surface area contributed by atoms with Gasteiger partial charge in [-0.3, -0.25) is 4.79 Å². The Morgan fingerprint density at radius 3 is 2.75 bits per heavy atom. The molecule has 1 amide bonds. The number of carbonyl (C=O) groups is 1. The Hall–Kier alpha value is -1.03. The summed E-state index contributed by atoms with van der Waals surface area (Å²) in [6, 6.07) is 5.13. The zero-order valence-corrected chi connectivity index (χ0v) is 12.5. The summed E-state index contributed by atoms with van der Waals surface area (Å²) in [5.41, 5.74) is 0.874. The van der Waals surface area contributed by atoms with Crippen molar-refractivity contribution < 1.29 is 9.90 Å². The second kappa shape index (κ2) is 6.61. The van der Waals surface area contributed by atoms with Crippen LogP contribution in [0.3, 0.4) is 0 Å². The topological polar surface area (TPSA) is 49.3 Å². The first kappa shape index (κ1) is 15.4. The molecule has 0 atom stereocenters. The highest BCUT2D eigenvalue weighted by atomic mass is 35.5.